The minimum Gasteiger partial charge on any atom is -0.481 e. The first-order chi connectivity index (χ1) is 8.40. The maximum absolute atomic E-state index is 11.7. The van der Waals surface area contributed by atoms with Gasteiger partial charge in [-0.1, -0.05) is 6.42 Å². The van der Waals surface area contributed by atoms with Gasteiger partial charge in [0.05, 0.1) is 18.1 Å². The Bertz CT molecular complexity index is 321. The van der Waals surface area contributed by atoms with Gasteiger partial charge in [-0.3, -0.25) is 4.79 Å². The fraction of sp³-hybridized carbons (Fsp3) is 0.833. The molecule has 1 aliphatic carbocycles. The van der Waals surface area contributed by atoms with E-state index in [-0.39, 0.29) is 18.1 Å². The molecule has 3 atom stereocenters. The van der Waals surface area contributed by atoms with E-state index >= 15 is 0 Å². The van der Waals surface area contributed by atoms with Gasteiger partial charge in [-0.05, 0) is 26.7 Å². The highest BCUT2D eigenvalue weighted by Gasteiger charge is 2.45. The van der Waals surface area contributed by atoms with Crippen LogP contribution >= 0.6 is 0 Å². The standard InChI is InChI=1S/C12H22N2O4/c1-8(7-18-3)13-11(17)14-9-5-4-6-12(9,2)10(15)16/h8-9H,4-7H2,1-3H3,(H,15,16)(H2,13,14,17). The van der Waals surface area contributed by atoms with Gasteiger partial charge in [-0.15, -0.1) is 0 Å². The van der Waals surface area contributed by atoms with Crippen LogP contribution < -0.4 is 10.6 Å². The SMILES string of the molecule is COCC(C)NC(=O)NC1CCCC1(C)C(=O)O. The molecule has 6 nitrogen and oxygen atoms in total. The second kappa shape index (κ2) is 6.04. The molecule has 1 rings (SSSR count). The number of methoxy groups -OCH3 is 1. The summed E-state index contributed by atoms with van der Waals surface area (Å²) in [7, 11) is 1.56. The maximum Gasteiger partial charge on any atom is 0.315 e. The Balaban J connectivity index is 2.51. The summed E-state index contributed by atoms with van der Waals surface area (Å²) in [6, 6.07) is -0.754. The fourth-order valence-electron chi connectivity index (χ4n) is 2.37. The lowest BCUT2D eigenvalue weighted by Gasteiger charge is -2.28. The molecule has 3 unspecified atom stereocenters. The second-order valence-electron chi connectivity index (χ2n) is 5.14. The van der Waals surface area contributed by atoms with Crippen molar-refractivity contribution in [3.05, 3.63) is 0 Å². The summed E-state index contributed by atoms with van der Waals surface area (Å²) in [6.45, 7) is 3.94. The summed E-state index contributed by atoms with van der Waals surface area (Å²) in [4.78, 5) is 23.0. The molecule has 0 aromatic heterocycles. The van der Waals surface area contributed by atoms with Crippen LogP contribution in [0.3, 0.4) is 0 Å². The average Bonchev–Trinajstić information content (AvgIpc) is 2.61. The predicted octanol–water partition coefficient (Wildman–Crippen LogP) is 0.964. The van der Waals surface area contributed by atoms with Crippen LogP contribution in [0.15, 0.2) is 0 Å². The van der Waals surface area contributed by atoms with Crippen LogP contribution in [0.5, 0.6) is 0 Å². The van der Waals surface area contributed by atoms with Crippen LogP contribution in [-0.4, -0.2) is 42.9 Å². The van der Waals surface area contributed by atoms with E-state index in [1.165, 1.54) is 0 Å². The van der Waals surface area contributed by atoms with Crippen LogP contribution in [0.2, 0.25) is 0 Å². The molecule has 0 spiro atoms. The number of carbonyl (C=O) groups is 2. The Morgan fingerprint density at radius 1 is 1.56 bits per heavy atom. The molecule has 0 aliphatic heterocycles. The zero-order valence-corrected chi connectivity index (χ0v) is 11.2. The highest BCUT2D eigenvalue weighted by Crippen LogP contribution is 2.38. The Morgan fingerprint density at radius 2 is 2.22 bits per heavy atom. The molecular weight excluding hydrogens is 236 g/mol. The summed E-state index contributed by atoms with van der Waals surface area (Å²) < 4.78 is 4.92. The van der Waals surface area contributed by atoms with Gasteiger partial charge >= 0.3 is 12.0 Å². The third kappa shape index (κ3) is 3.35. The van der Waals surface area contributed by atoms with Gasteiger partial charge in [0.25, 0.3) is 0 Å². The number of amides is 2. The van der Waals surface area contributed by atoms with Crippen molar-refractivity contribution in [1.82, 2.24) is 10.6 Å². The predicted molar refractivity (Wildman–Crippen MR) is 66.4 cm³/mol. The summed E-state index contributed by atoms with van der Waals surface area (Å²) in [6.07, 6.45) is 2.12. The number of carboxylic acid groups (broad SMARTS) is 1. The van der Waals surface area contributed by atoms with Crippen molar-refractivity contribution in [2.75, 3.05) is 13.7 Å². The fourth-order valence-corrected chi connectivity index (χ4v) is 2.37. The zero-order chi connectivity index (χ0) is 13.8. The number of nitrogens with one attached hydrogen (secondary N) is 2. The highest BCUT2D eigenvalue weighted by molar-refractivity contribution is 5.79. The smallest absolute Gasteiger partial charge is 0.315 e. The van der Waals surface area contributed by atoms with E-state index in [1.54, 1.807) is 14.0 Å². The Kier molecular flexibility index (Phi) is 4.95. The summed E-state index contributed by atoms with van der Waals surface area (Å²) in [5.41, 5.74) is -0.859. The van der Waals surface area contributed by atoms with Gasteiger partial charge in [-0.25, -0.2) is 4.79 Å². The van der Waals surface area contributed by atoms with Gasteiger partial charge in [-0.2, -0.15) is 0 Å². The van der Waals surface area contributed by atoms with Crippen LogP contribution in [-0.2, 0) is 9.53 Å². The number of aliphatic carboxylic acids is 1. The van der Waals surface area contributed by atoms with E-state index in [9.17, 15) is 14.7 Å². The molecule has 18 heavy (non-hydrogen) atoms. The van der Waals surface area contributed by atoms with Crippen LogP contribution in [0.25, 0.3) is 0 Å². The minimum absolute atomic E-state index is 0.104. The number of ether oxygens (including phenoxy) is 1. The third-order valence-electron chi connectivity index (χ3n) is 3.55. The van der Waals surface area contributed by atoms with Crippen molar-refractivity contribution >= 4 is 12.0 Å². The lowest BCUT2D eigenvalue weighted by atomic mass is 9.85. The number of carbonyl (C=O) groups excluding carboxylic acids is 1. The number of hydrogen-bond acceptors (Lipinski definition) is 3. The summed E-state index contributed by atoms with van der Waals surface area (Å²) >= 11 is 0. The van der Waals surface area contributed by atoms with Crippen molar-refractivity contribution in [1.29, 1.82) is 0 Å². The molecule has 1 fully saturated rings. The number of rotatable bonds is 5. The molecule has 0 saturated heterocycles. The summed E-state index contributed by atoms with van der Waals surface area (Å²) in [5.74, 6) is -0.852. The molecule has 1 aliphatic rings. The summed E-state index contributed by atoms with van der Waals surface area (Å²) in [5, 5.41) is 14.7. The zero-order valence-electron chi connectivity index (χ0n) is 11.2. The Labute approximate surface area is 107 Å². The van der Waals surface area contributed by atoms with Gasteiger partial charge in [0, 0.05) is 13.2 Å². The molecular formula is C12H22N2O4. The van der Waals surface area contributed by atoms with Crippen molar-refractivity contribution in [2.45, 2.75) is 45.2 Å². The van der Waals surface area contributed by atoms with Gasteiger partial charge in [0.15, 0.2) is 0 Å². The molecule has 0 radical (unpaired) electrons. The van der Waals surface area contributed by atoms with Crippen molar-refractivity contribution in [2.24, 2.45) is 5.41 Å². The van der Waals surface area contributed by atoms with E-state index in [4.69, 9.17) is 4.74 Å². The number of carboxylic acids is 1. The molecule has 0 aromatic carbocycles. The molecule has 1 saturated carbocycles. The van der Waals surface area contributed by atoms with E-state index in [1.807, 2.05) is 6.92 Å². The van der Waals surface area contributed by atoms with Crippen LogP contribution in [0, 0.1) is 5.41 Å². The van der Waals surface area contributed by atoms with Crippen molar-refractivity contribution in [3.63, 3.8) is 0 Å². The van der Waals surface area contributed by atoms with Crippen molar-refractivity contribution < 1.29 is 19.4 Å². The van der Waals surface area contributed by atoms with E-state index in [0.717, 1.165) is 6.42 Å². The maximum atomic E-state index is 11.7. The topological polar surface area (TPSA) is 87.7 Å². The minimum atomic E-state index is -0.859. The second-order valence-corrected chi connectivity index (χ2v) is 5.14. The first kappa shape index (κ1) is 14.8. The normalized spacial score (nSPS) is 28.7. The Hall–Kier alpha value is -1.30. The van der Waals surface area contributed by atoms with E-state index < -0.39 is 11.4 Å². The number of hydrogen-bond donors (Lipinski definition) is 3. The van der Waals surface area contributed by atoms with E-state index in [0.29, 0.717) is 19.4 Å². The molecule has 104 valence electrons. The molecule has 0 aromatic rings. The van der Waals surface area contributed by atoms with Gasteiger partial charge in [0.1, 0.15) is 0 Å². The first-order valence-electron chi connectivity index (χ1n) is 6.19. The molecule has 3 N–H and O–H groups in total. The average molecular weight is 258 g/mol. The molecule has 2 amide bonds. The molecule has 0 bridgehead atoms. The lowest BCUT2D eigenvalue weighted by Crippen LogP contribution is -2.52. The third-order valence-corrected chi connectivity index (χ3v) is 3.55. The first-order valence-corrected chi connectivity index (χ1v) is 6.19. The monoisotopic (exact) mass is 258 g/mol. The largest absolute Gasteiger partial charge is 0.481 e. The van der Waals surface area contributed by atoms with E-state index in [2.05, 4.69) is 10.6 Å². The lowest BCUT2D eigenvalue weighted by molar-refractivity contribution is -0.148. The quantitative estimate of drug-likeness (QED) is 0.685. The highest BCUT2D eigenvalue weighted by atomic mass is 16.5. The van der Waals surface area contributed by atoms with Gasteiger partial charge < -0.3 is 20.5 Å². The van der Waals surface area contributed by atoms with Crippen molar-refractivity contribution in [3.8, 4) is 0 Å². The molecule has 0 heterocycles. The van der Waals surface area contributed by atoms with Gasteiger partial charge in [0.2, 0.25) is 0 Å². The van der Waals surface area contributed by atoms with Crippen LogP contribution in [0.1, 0.15) is 33.1 Å². The molecule has 6 heteroatoms. The Morgan fingerprint density at radius 3 is 2.78 bits per heavy atom. The number of urea groups is 1. The van der Waals surface area contributed by atoms with Crippen LogP contribution in [0.4, 0.5) is 4.79 Å².